The summed E-state index contributed by atoms with van der Waals surface area (Å²) in [6, 6.07) is 7.98. The van der Waals surface area contributed by atoms with Crippen molar-refractivity contribution >= 4 is 16.9 Å². The van der Waals surface area contributed by atoms with Crippen molar-refractivity contribution in [3.05, 3.63) is 46.9 Å². The summed E-state index contributed by atoms with van der Waals surface area (Å²) in [5.74, 6) is 0.623. The second kappa shape index (κ2) is 7.77. The van der Waals surface area contributed by atoms with Crippen LogP contribution in [0.4, 0.5) is 0 Å². The molecule has 8 heteroatoms. The number of carbonyl (C=O) groups excluding carboxylic acids is 1. The maximum absolute atomic E-state index is 12.4. The number of hydrogen-bond acceptors (Lipinski definition) is 4. The number of nitrogens with zero attached hydrogens (tertiary/aromatic N) is 5. The van der Waals surface area contributed by atoms with Gasteiger partial charge in [-0.15, -0.1) is 0 Å². The molecule has 1 amide bonds. The van der Waals surface area contributed by atoms with Crippen LogP contribution in [0.25, 0.3) is 11.0 Å². The van der Waals surface area contributed by atoms with Gasteiger partial charge in [-0.3, -0.25) is 9.36 Å². The minimum absolute atomic E-state index is 0.0210. The Hall–Kier alpha value is -2.90. The van der Waals surface area contributed by atoms with Crippen LogP contribution in [0.5, 0.6) is 0 Å². The molecule has 4 rings (SSSR count). The SMILES string of the molecule is O=C(Cn1nc2n(c1=O)CCCCC2)NCCCn1cnc2ccccc21. The largest absolute Gasteiger partial charge is 0.354 e. The van der Waals surface area contributed by atoms with Crippen molar-refractivity contribution in [1.29, 1.82) is 0 Å². The first kappa shape index (κ1) is 17.5. The van der Waals surface area contributed by atoms with E-state index in [9.17, 15) is 9.59 Å². The third-order valence-corrected chi connectivity index (χ3v) is 5.00. The number of benzene rings is 1. The quantitative estimate of drug-likeness (QED) is 0.665. The maximum atomic E-state index is 12.4. The average Bonchev–Trinajstić information content (AvgIpc) is 3.11. The number of aryl methyl sites for hydroxylation is 2. The molecule has 3 heterocycles. The number of aromatic nitrogens is 5. The summed E-state index contributed by atoms with van der Waals surface area (Å²) in [5.41, 5.74) is 1.89. The number of rotatable bonds is 6. The zero-order valence-electron chi connectivity index (χ0n) is 15.3. The van der Waals surface area contributed by atoms with E-state index in [4.69, 9.17) is 0 Å². The van der Waals surface area contributed by atoms with Crippen molar-refractivity contribution in [3.8, 4) is 0 Å². The van der Waals surface area contributed by atoms with Crippen molar-refractivity contribution in [3.63, 3.8) is 0 Å². The molecule has 0 bridgehead atoms. The molecule has 1 N–H and O–H groups in total. The zero-order valence-corrected chi connectivity index (χ0v) is 15.3. The molecule has 0 saturated carbocycles. The number of amides is 1. The summed E-state index contributed by atoms with van der Waals surface area (Å²) in [7, 11) is 0. The summed E-state index contributed by atoms with van der Waals surface area (Å²) in [5, 5.41) is 7.23. The lowest BCUT2D eigenvalue weighted by Gasteiger charge is -2.06. The van der Waals surface area contributed by atoms with Gasteiger partial charge in [-0.1, -0.05) is 18.6 Å². The van der Waals surface area contributed by atoms with Gasteiger partial charge in [0.2, 0.25) is 5.91 Å². The first-order chi connectivity index (χ1) is 13.2. The Morgan fingerprint density at radius 2 is 2.07 bits per heavy atom. The van der Waals surface area contributed by atoms with Gasteiger partial charge in [0.1, 0.15) is 12.4 Å². The van der Waals surface area contributed by atoms with Crippen molar-refractivity contribution in [2.45, 2.75) is 51.7 Å². The van der Waals surface area contributed by atoms with E-state index >= 15 is 0 Å². The van der Waals surface area contributed by atoms with Crippen LogP contribution in [-0.2, 0) is 30.8 Å². The molecule has 3 aromatic rings. The molecular formula is C19H24N6O2. The van der Waals surface area contributed by atoms with Crippen molar-refractivity contribution in [1.82, 2.24) is 29.2 Å². The minimum atomic E-state index is -0.180. The molecule has 1 aromatic carbocycles. The molecule has 1 aliphatic heterocycles. The minimum Gasteiger partial charge on any atom is -0.354 e. The predicted octanol–water partition coefficient (Wildman–Crippen LogP) is 1.33. The van der Waals surface area contributed by atoms with E-state index in [1.165, 1.54) is 4.68 Å². The van der Waals surface area contributed by atoms with Crippen LogP contribution in [-0.4, -0.2) is 36.4 Å². The number of para-hydroxylation sites is 2. The summed E-state index contributed by atoms with van der Waals surface area (Å²) in [4.78, 5) is 28.9. The highest BCUT2D eigenvalue weighted by Crippen LogP contribution is 2.12. The Balaban J connectivity index is 1.28. The first-order valence-electron chi connectivity index (χ1n) is 9.55. The van der Waals surface area contributed by atoms with Gasteiger partial charge in [-0.05, 0) is 31.4 Å². The van der Waals surface area contributed by atoms with Crippen LogP contribution in [0.1, 0.15) is 31.5 Å². The highest BCUT2D eigenvalue weighted by atomic mass is 16.2. The van der Waals surface area contributed by atoms with E-state index in [2.05, 4.69) is 20.0 Å². The second-order valence-electron chi connectivity index (χ2n) is 6.95. The molecule has 0 radical (unpaired) electrons. The van der Waals surface area contributed by atoms with Gasteiger partial charge in [0.05, 0.1) is 17.4 Å². The van der Waals surface area contributed by atoms with Crippen LogP contribution in [0, 0.1) is 0 Å². The standard InChI is InChI=1S/C19H24N6O2/c26-18(13-25-19(27)24-12-5-1-2-9-17(24)22-25)20-10-6-11-23-14-21-15-7-3-4-8-16(15)23/h3-4,7-8,14H,1-2,5-6,9-13H2,(H,20,26). The number of hydrogen-bond donors (Lipinski definition) is 1. The lowest BCUT2D eigenvalue weighted by molar-refractivity contribution is -0.121. The van der Waals surface area contributed by atoms with E-state index in [1.54, 1.807) is 4.57 Å². The molecule has 8 nitrogen and oxygen atoms in total. The van der Waals surface area contributed by atoms with Gasteiger partial charge in [-0.25, -0.2) is 14.5 Å². The molecule has 2 aromatic heterocycles. The van der Waals surface area contributed by atoms with Crippen LogP contribution >= 0.6 is 0 Å². The van der Waals surface area contributed by atoms with E-state index < -0.39 is 0 Å². The fourth-order valence-corrected chi connectivity index (χ4v) is 3.59. The maximum Gasteiger partial charge on any atom is 0.346 e. The van der Waals surface area contributed by atoms with Crippen LogP contribution in [0.3, 0.4) is 0 Å². The lowest BCUT2D eigenvalue weighted by Crippen LogP contribution is -2.34. The van der Waals surface area contributed by atoms with E-state index in [0.29, 0.717) is 13.1 Å². The van der Waals surface area contributed by atoms with Crippen LogP contribution in [0.2, 0.25) is 0 Å². The van der Waals surface area contributed by atoms with Gasteiger partial charge in [0.25, 0.3) is 0 Å². The summed E-state index contributed by atoms with van der Waals surface area (Å²) in [6.45, 7) is 2.01. The molecule has 0 aliphatic carbocycles. The molecule has 0 spiro atoms. The van der Waals surface area contributed by atoms with E-state index in [-0.39, 0.29) is 18.1 Å². The van der Waals surface area contributed by atoms with Crippen LogP contribution in [0.15, 0.2) is 35.4 Å². The van der Waals surface area contributed by atoms with Crippen molar-refractivity contribution in [2.75, 3.05) is 6.54 Å². The fourth-order valence-electron chi connectivity index (χ4n) is 3.59. The van der Waals surface area contributed by atoms with Gasteiger partial charge in [0, 0.05) is 26.1 Å². The molecule has 0 atom stereocenters. The Morgan fingerprint density at radius 3 is 3.00 bits per heavy atom. The summed E-state index contributed by atoms with van der Waals surface area (Å²) in [6.07, 6.45) is 6.59. The number of nitrogens with one attached hydrogen (secondary N) is 1. The highest BCUT2D eigenvalue weighted by Gasteiger charge is 2.17. The number of carbonyl (C=O) groups is 1. The Kier molecular flexibility index (Phi) is 5.04. The number of fused-ring (bicyclic) bond motifs is 2. The molecular weight excluding hydrogens is 344 g/mol. The summed E-state index contributed by atoms with van der Waals surface area (Å²) >= 11 is 0. The zero-order chi connectivity index (χ0) is 18.6. The average molecular weight is 368 g/mol. The van der Waals surface area contributed by atoms with Gasteiger partial charge in [-0.2, -0.15) is 5.10 Å². The molecule has 0 saturated heterocycles. The second-order valence-corrected chi connectivity index (χ2v) is 6.95. The first-order valence-corrected chi connectivity index (χ1v) is 9.55. The lowest BCUT2D eigenvalue weighted by atomic mass is 10.2. The van der Waals surface area contributed by atoms with Gasteiger partial charge >= 0.3 is 5.69 Å². The number of imidazole rings is 1. The Labute approximate surface area is 156 Å². The molecule has 1 aliphatic rings. The van der Waals surface area contributed by atoms with E-state index in [0.717, 1.165) is 55.5 Å². The smallest absolute Gasteiger partial charge is 0.346 e. The third-order valence-electron chi connectivity index (χ3n) is 5.00. The molecule has 142 valence electrons. The molecule has 27 heavy (non-hydrogen) atoms. The van der Waals surface area contributed by atoms with Crippen molar-refractivity contribution < 1.29 is 4.79 Å². The fraction of sp³-hybridized carbons (Fsp3) is 0.474. The highest BCUT2D eigenvalue weighted by molar-refractivity contribution is 5.75. The van der Waals surface area contributed by atoms with Crippen LogP contribution < -0.4 is 11.0 Å². The normalized spacial score (nSPS) is 14.1. The summed E-state index contributed by atoms with van der Waals surface area (Å²) < 4.78 is 5.09. The topological polar surface area (TPSA) is 86.7 Å². The van der Waals surface area contributed by atoms with Gasteiger partial charge in [0.15, 0.2) is 0 Å². The molecule has 0 unspecified atom stereocenters. The van der Waals surface area contributed by atoms with Crippen molar-refractivity contribution in [2.24, 2.45) is 0 Å². The predicted molar refractivity (Wildman–Crippen MR) is 101 cm³/mol. The Bertz CT molecular complexity index is 999. The monoisotopic (exact) mass is 368 g/mol. The van der Waals surface area contributed by atoms with E-state index in [1.807, 2.05) is 30.6 Å². The Morgan fingerprint density at radius 1 is 1.19 bits per heavy atom. The molecule has 0 fully saturated rings. The third kappa shape index (κ3) is 3.79. The van der Waals surface area contributed by atoms with Gasteiger partial charge < -0.3 is 9.88 Å².